The van der Waals surface area contributed by atoms with Gasteiger partial charge in [-0.15, -0.1) is 10.2 Å². The van der Waals surface area contributed by atoms with Crippen LogP contribution in [0.3, 0.4) is 0 Å². The highest BCUT2D eigenvalue weighted by Crippen LogP contribution is 2.11. The van der Waals surface area contributed by atoms with Crippen molar-refractivity contribution in [1.29, 1.82) is 0 Å². The first kappa shape index (κ1) is 12.4. The molecule has 1 aliphatic rings. The minimum Gasteiger partial charge on any atom is -0.379 e. The van der Waals surface area contributed by atoms with Gasteiger partial charge in [-0.05, 0) is 0 Å². The van der Waals surface area contributed by atoms with Gasteiger partial charge < -0.3 is 9.30 Å². The van der Waals surface area contributed by atoms with Crippen molar-refractivity contribution in [3.8, 4) is 0 Å². The van der Waals surface area contributed by atoms with Crippen LogP contribution in [0.2, 0.25) is 0 Å². The molecule has 0 atom stereocenters. The van der Waals surface area contributed by atoms with Crippen LogP contribution in [-0.2, 0) is 34.7 Å². The van der Waals surface area contributed by atoms with Crippen LogP contribution in [0.1, 0.15) is 11.6 Å². The third-order valence-corrected chi connectivity index (χ3v) is 3.44. The van der Waals surface area contributed by atoms with Crippen LogP contribution in [0, 0.1) is 0 Å². The van der Waals surface area contributed by atoms with Crippen molar-refractivity contribution in [2.45, 2.75) is 19.5 Å². The van der Waals surface area contributed by atoms with Gasteiger partial charge in [-0.3, -0.25) is 0 Å². The van der Waals surface area contributed by atoms with Gasteiger partial charge in [0.05, 0.1) is 19.8 Å². The van der Waals surface area contributed by atoms with Crippen LogP contribution in [0.4, 0.5) is 3.89 Å². The van der Waals surface area contributed by atoms with Crippen molar-refractivity contribution >= 4 is 10.4 Å². The van der Waals surface area contributed by atoms with Gasteiger partial charge in [-0.1, -0.05) is 3.89 Å². The molecular formula is C8H13FN4O3S. The van der Waals surface area contributed by atoms with Crippen molar-refractivity contribution in [2.75, 3.05) is 20.3 Å². The van der Waals surface area contributed by atoms with Crippen molar-refractivity contribution in [3.63, 3.8) is 0 Å². The molecule has 9 heteroatoms. The Kier molecular flexibility index (Phi) is 3.40. The summed E-state index contributed by atoms with van der Waals surface area (Å²) in [5.41, 5.74) is 0. The second-order valence-electron chi connectivity index (χ2n) is 3.74. The molecular weight excluding hydrogens is 251 g/mol. The molecule has 0 fully saturated rings. The van der Waals surface area contributed by atoms with E-state index in [-0.39, 0.29) is 6.54 Å². The summed E-state index contributed by atoms with van der Waals surface area (Å²) in [7, 11) is -3.54. The van der Waals surface area contributed by atoms with Crippen LogP contribution in [-0.4, -0.2) is 47.7 Å². The van der Waals surface area contributed by atoms with Gasteiger partial charge in [0, 0.05) is 20.0 Å². The van der Waals surface area contributed by atoms with Crippen molar-refractivity contribution in [2.24, 2.45) is 0 Å². The summed E-state index contributed by atoms with van der Waals surface area (Å²) in [6.07, 6.45) is 0.624. The smallest absolute Gasteiger partial charge is 0.374 e. The molecule has 0 unspecified atom stereocenters. The van der Waals surface area contributed by atoms with Gasteiger partial charge >= 0.3 is 10.4 Å². The summed E-state index contributed by atoms with van der Waals surface area (Å²) in [5, 5.41) is 7.82. The first-order chi connectivity index (χ1) is 7.98. The lowest BCUT2D eigenvalue weighted by molar-refractivity contribution is 0.139. The Morgan fingerprint density at radius 1 is 1.47 bits per heavy atom. The molecule has 0 saturated carbocycles. The van der Waals surface area contributed by atoms with E-state index in [0.29, 0.717) is 36.3 Å². The second-order valence-corrected chi connectivity index (χ2v) is 5.19. The third kappa shape index (κ3) is 2.79. The SMILES string of the molecule is CN(Cc1nnc2n1CCOCC2)S(=O)(=O)F. The number of rotatable bonds is 3. The maximum Gasteiger partial charge on any atom is 0.374 e. The van der Waals surface area contributed by atoms with E-state index >= 15 is 0 Å². The Labute approximate surface area is 98.5 Å². The fraction of sp³-hybridized carbons (Fsp3) is 0.750. The zero-order valence-electron chi connectivity index (χ0n) is 9.34. The Balaban J connectivity index is 2.20. The van der Waals surface area contributed by atoms with Crippen LogP contribution in [0.5, 0.6) is 0 Å². The highest BCUT2D eigenvalue weighted by atomic mass is 32.3. The average molecular weight is 264 g/mol. The van der Waals surface area contributed by atoms with E-state index in [1.165, 1.54) is 0 Å². The average Bonchev–Trinajstić information content (AvgIpc) is 2.48. The van der Waals surface area contributed by atoms with Crippen LogP contribution >= 0.6 is 0 Å². The van der Waals surface area contributed by atoms with Gasteiger partial charge in [-0.25, -0.2) is 0 Å². The quantitative estimate of drug-likeness (QED) is 0.688. The first-order valence-corrected chi connectivity index (χ1v) is 6.47. The van der Waals surface area contributed by atoms with Crippen molar-refractivity contribution < 1.29 is 17.0 Å². The van der Waals surface area contributed by atoms with E-state index < -0.39 is 10.4 Å². The molecule has 2 rings (SSSR count). The van der Waals surface area contributed by atoms with E-state index in [4.69, 9.17) is 4.74 Å². The highest BCUT2D eigenvalue weighted by molar-refractivity contribution is 7.83. The first-order valence-electron chi connectivity index (χ1n) is 5.13. The lowest BCUT2D eigenvalue weighted by atomic mass is 10.4. The summed E-state index contributed by atoms with van der Waals surface area (Å²) >= 11 is 0. The largest absolute Gasteiger partial charge is 0.379 e. The molecule has 96 valence electrons. The molecule has 0 radical (unpaired) electrons. The Morgan fingerprint density at radius 3 is 2.94 bits per heavy atom. The van der Waals surface area contributed by atoms with Gasteiger partial charge in [-0.2, -0.15) is 12.7 Å². The number of hydrogen-bond donors (Lipinski definition) is 0. The molecule has 0 spiro atoms. The molecule has 1 aromatic heterocycles. The topological polar surface area (TPSA) is 77.3 Å². The van der Waals surface area contributed by atoms with E-state index in [0.717, 1.165) is 12.9 Å². The maximum atomic E-state index is 12.7. The minimum absolute atomic E-state index is 0.133. The number of fused-ring (bicyclic) bond motifs is 1. The maximum absolute atomic E-state index is 12.7. The summed E-state index contributed by atoms with van der Waals surface area (Å²) in [4.78, 5) is 0. The Morgan fingerprint density at radius 2 is 2.24 bits per heavy atom. The van der Waals surface area contributed by atoms with Crippen LogP contribution < -0.4 is 0 Å². The molecule has 7 nitrogen and oxygen atoms in total. The fourth-order valence-electron chi connectivity index (χ4n) is 1.63. The van der Waals surface area contributed by atoms with Gasteiger partial charge in [0.15, 0.2) is 0 Å². The lowest BCUT2D eigenvalue weighted by Crippen LogP contribution is -2.25. The number of hydrogen-bond acceptors (Lipinski definition) is 5. The van der Waals surface area contributed by atoms with Gasteiger partial charge in [0.25, 0.3) is 0 Å². The summed E-state index contributed by atoms with van der Waals surface area (Å²) < 4.78 is 41.7. The minimum atomic E-state index is -4.69. The second kappa shape index (κ2) is 4.67. The Hall–Kier alpha value is -1.06. The van der Waals surface area contributed by atoms with Crippen molar-refractivity contribution in [1.82, 2.24) is 19.1 Å². The van der Waals surface area contributed by atoms with Crippen molar-refractivity contribution in [3.05, 3.63) is 11.6 Å². The fourth-order valence-corrected chi connectivity index (χ4v) is 1.90. The predicted octanol–water partition coefficient (Wildman–Crippen LogP) is -0.503. The number of aromatic nitrogens is 3. The summed E-state index contributed by atoms with van der Waals surface area (Å²) in [6.45, 7) is 1.50. The van der Waals surface area contributed by atoms with E-state index in [2.05, 4.69) is 10.2 Å². The van der Waals surface area contributed by atoms with Gasteiger partial charge in [0.1, 0.15) is 11.6 Å². The zero-order chi connectivity index (χ0) is 12.5. The lowest BCUT2D eigenvalue weighted by Gasteiger charge is -2.11. The van der Waals surface area contributed by atoms with E-state index in [9.17, 15) is 12.3 Å². The molecule has 2 heterocycles. The predicted molar refractivity (Wildman–Crippen MR) is 56.0 cm³/mol. The molecule has 0 bridgehead atoms. The number of halogens is 1. The molecule has 0 saturated heterocycles. The standard InChI is InChI=1S/C8H13FN4O3S/c1-12(17(9,14)15)6-8-11-10-7-2-4-16-5-3-13(7)8/h2-6H2,1H3. The molecule has 17 heavy (non-hydrogen) atoms. The van der Waals surface area contributed by atoms with E-state index in [1.807, 2.05) is 0 Å². The molecule has 0 N–H and O–H groups in total. The van der Waals surface area contributed by atoms with Gasteiger partial charge in [0.2, 0.25) is 0 Å². The summed E-state index contributed by atoms with van der Waals surface area (Å²) in [5.74, 6) is 1.16. The number of nitrogens with zero attached hydrogens (tertiary/aromatic N) is 4. The number of ether oxygens (including phenoxy) is 1. The van der Waals surface area contributed by atoms with E-state index in [1.54, 1.807) is 4.57 Å². The van der Waals surface area contributed by atoms with Crippen LogP contribution in [0.25, 0.3) is 0 Å². The molecule has 0 amide bonds. The Bertz CT molecular complexity index is 501. The summed E-state index contributed by atoms with van der Waals surface area (Å²) in [6, 6.07) is 0. The highest BCUT2D eigenvalue weighted by Gasteiger charge is 2.21. The molecule has 1 aliphatic heterocycles. The zero-order valence-corrected chi connectivity index (χ0v) is 10.2. The normalized spacial score (nSPS) is 16.9. The molecule has 0 aliphatic carbocycles. The monoisotopic (exact) mass is 264 g/mol. The third-order valence-electron chi connectivity index (χ3n) is 2.57. The molecule has 1 aromatic rings. The molecule has 0 aromatic carbocycles. The van der Waals surface area contributed by atoms with Crippen LogP contribution in [0.15, 0.2) is 0 Å².